The van der Waals surface area contributed by atoms with Gasteiger partial charge in [0.25, 0.3) is 0 Å². The van der Waals surface area contributed by atoms with Crippen molar-refractivity contribution in [2.75, 3.05) is 6.61 Å². The van der Waals surface area contributed by atoms with E-state index in [-0.39, 0.29) is 12.1 Å². The third-order valence-corrected chi connectivity index (χ3v) is 5.27. The lowest BCUT2D eigenvalue weighted by molar-refractivity contribution is -0.145. The summed E-state index contributed by atoms with van der Waals surface area (Å²) in [6, 6.07) is 0. The predicted octanol–water partition coefficient (Wildman–Crippen LogP) is 6.03. The number of ether oxygens (including phenoxy) is 1. The predicted molar refractivity (Wildman–Crippen MR) is 116 cm³/mol. The maximum absolute atomic E-state index is 12.0. The average Bonchev–Trinajstić information content (AvgIpc) is 2.68. The molecule has 0 fully saturated rings. The zero-order valence-electron chi connectivity index (χ0n) is 18.0. The molecule has 4 heteroatoms. The van der Waals surface area contributed by atoms with Crippen molar-refractivity contribution in [1.82, 2.24) is 5.48 Å². The van der Waals surface area contributed by atoms with Gasteiger partial charge in [0.2, 0.25) is 0 Å². The van der Waals surface area contributed by atoms with Crippen molar-refractivity contribution in [1.29, 1.82) is 0 Å². The second kappa shape index (κ2) is 15.2. The fourth-order valence-corrected chi connectivity index (χ4v) is 3.24. The summed E-state index contributed by atoms with van der Waals surface area (Å²) in [4.78, 5) is 18.0. The first-order valence-electron chi connectivity index (χ1n) is 10.7. The number of cyclic esters (lactones) is 1. The zero-order valence-corrected chi connectivity index (χ0v) is 18.0. The van der Waals surface area contributed by atoms with Crippen LogP contribution < -0.4 is 5.48 Å². The Morgan fingerprint density at radius 1 is 1.32 bits per heavy atom. The second-order valence-electron chi connectivity index (χ2n) is 7.71. The summed E-state index contributed by atoms with van der Waals surface area (Å²) in [6.07, 6.45) is 19.4. The minimum atomic E-state index is -0.0895. The Hall–Kier alpha value is -1.81. The van der Waals surface area contributed by atoms with Gasteiger partial charge in [-0.2, -0.15) is 0 Å². The Balaban J connectivity index is 2.61. The third-order valence-electron chi connectivity index (χ3n) is 5.27. The van der Waals surface area contributed by atoms with Crippen LogP contribution in [0.1, 0.15) is 72.1 Å². The first-order chi connectivity index (χ1) is 13.6. The lowest BCUT2D eigenvalue weighted by Gasteiger charge is -2.23. The first kappa shape index (κ1) is 24.2. The topological polar surface area (TPSA) is 47.6 Å². The summed E-state index contributed by atoms with van der Waals surface area (Å²) in [5, 5.41) is 0. The summed E-state index contributed by atoms with van der Waals surface area (Å²) >= 11 is 0. The van der Waals surface area contributed by atoms with Crippen molar-refractivity contribution in [2.45, 2.75) is 78.2 Å². The number of hydrogen-bond donors (Lipinski definition) is 1. The Labute approximate surface area is 171 Å². The van der Waals surface area contributed by atoms with Crippen LogP contribution in [-0.2, 0) is 14.4 Å². The molecular weight excluding hydrogens is 350 g/mol. The fraction of sp³-hybridized carbons (Fsp3) is 0.625. The van der Waals surface area contributed by atoms with Crippen LogP contribution in [0.2, 0.25) is 0 Å². The van der Waals surface area contributed by atoms with E-state index in [9.17, 15) is 4.79 Å². The van der Waals surface area contributed by atoms with E-state index in [2.05, 4.69) is 38.1 Å². The van der Waals surface area contributed by atoms with E-state index in [1.54, 1.807) is 12.3 Å². The highest BCUT2D eigenvalue weighted by molar-refractivity contribution is 5.69. The molecular formula is C24H39NO3. The van der Waals surface area contributed by atoms with Crippen molar-refractivity contribution in [3.63, 3.8) is 0 Å². The molecule has 0 radical (unpaired) electrons. The molecule has 1 heterocycles. The summed E-state index contributed by atoms with van der Waals surface area (Å²) < 4.78 is 5.49. The van der Waals surface area contributed by atoms with Crippen molar-refractivity contribution < 1.29 is 14.4 Å². The number of allylic oxidation sites excluding steroid dienone is 6. The van der Waals surface area contributed by atoms with E-state index < -0.39 is 0 Å². The molecule has 0 aliphatic carbocycles. The molecule has 0 saturated carbocycles. The lowest BCUT2D eigenvalue weighted by Crippen LogP contribution is -2.27. The minimum Gasteiger partial charge on any atom is -0.465 e. The van der Waals surface area contributed by atoms with Crippen LogP contribution in [0.4, 0.5) is 0 Å². The van der Waals surface area contributed by atoms with E-state index in [4.69, 9.17) is 9.57 Å². The van der Waals surface area contributed by atoms with Gasteiger partial charge in [0.05, 0.1) is 12.7 Å². The number of esters is 1. The normalized spacial score (nSPS) is 26.3. The van der Waals surface area contributed by atoms with E-state index in [0.29, 0.717) is 24.9 Å². The van der Waals surface area contributed by atoms with E-state index in [0.717, 1.165) is 50.5 Å². The molecule has 1 rings (SSSR count). The summed E-state index contributed by atoms with van der Waals surface area (Å²) in [6.45, 7) is 10.6. The molecule has 0 aromatic carbocycles. The summed E-state index contributed by atoms with van der Waals surface area (Å²) in [7, 11) is 0. The van der Waals surface area contributed by atoms with Gasteiger partial charge in [-0.05, 0) is 68.9 Å². The number of rotatable bonds is 6. The molecule has 3 atom stereocenters. The highest BCUT2D eigenvalue weighted by Crippen LogP contribution is 2.20. The van der Waals surface area contributed by atoms with Crippen molar-refractivity contribution in [3.8, 4) is 0 Å². The molecule has 28 heavy (non-hydrogen) atoms. The minimum absolute atomic E-state index is 0.0584. The van der Waals surface area contributed by atoms with E-state index >= 15 is 0 Å². The number of carbonyl (C=O) groups excluding carboxylic acids is 1. The molecule has 1 aliphatic heterocycles. The van der Waals surface area contributed by atoms with Crippen molar-refractivity contribution in [2.24, 2.45) is 11.8 Å². The molecule has 1 N–H and O–H groups in total. The van der Waals surface area contributed by atoms with Gasteiger partial charge in [-0.15, -0.1) is 0 Å². The quantitative estimate of drug-likeness (QED) is 0.261. The van der Waals surface area contributed by atoms with Crippen LogP contribution >= 0.6 is 0 Å². The maximum atomic E-state index is 12.0. The Morgan fingerprint density at radius 2 is 2.07 bits per heavy atom. The molecule has 0 aromatic rings. The van der Waals surface area contributed by atoms with Crippen molar-refractivity contribution >= 4 is 5.97 Å². The van der Waals surface area contributed by atoms with Gasteiger partial charge < -0.3 is 4.74 Å². The summed E-state index contributed by atoms with van der Waals surface area (Å²) in [5.41, 5.74) is 4.05. The van der Waals surface area contributed by atoms with Crippen LogP contribution in [0, 0.1) is 11.8 Å². The SMILES string of the molecule is C=C/C=C(C)/C=C/NOC1CCCC(=O)OCC(CC)CCC=CCCC1C. The van der Waals surface area contributed by atoms with Gasteiger partial charge in [0, 0.05) is 12.6 Å². The molecule has 0 spiro atoms. The zero-order chi connectivity index (χ0) is 20.6. The van der Waals surface area contributed by atoms with Gasteiger partial charge in [-0.3, -0.25) is 15.1 Å². The van der Waals surface area contributed by atoms with Crippen LogP contribution in [0.5, 0.6) is 0 Å². The Morgan fingerprint density at radius 3 is 2.79 bits per heavy atom. The molecule has 0 amide bonds. The Bertz CT molecular complexity index is 536. The summed E-state index contributed by atoms with van der Waals surface area (Å²) in [5.74, 6) is 0.775. The first-order valence-corrected chi connectivity index (χ1v) is 10.7. The second-order valence-corrected chi connectivity index (χ2v) is 7.71. The molecule has 3 unspecified atom stereocenters. The number of hydroxylamine groups is 1. The van der Waals surface area contributed by atoms with E-state index in [1.165, 1.54) is 0 Å². The van der Waals surface area contributed by atoms with Gasteiger partial charge >= 0.3 is 5.97 Å². The number of carbonyl (C=O) groups is 1. The van der Waals surface area contributed by atoms with Crippen LogP contribution in [0.15, 0.2) is 48.7 Å². The van der Waals surface area contributed by atoms with Crippen LogP contribution in [0.25, 0.3) is 0 Å². The number of nitrogens with one attached hydrogen (secondary N) is 1. The largest absolute Gasteiger partial charge is 0.465 e. The molecule has 0 saturated heterocycles. The van der Waals surface area contributed by atoms with Gasteiger partial charge in [0.15, 0.2) is 0 Å². The fourth-order valence-electron chi connectivity index (χ4n) is 3.24. The standard InChI is InChI=1S/C24H39NO3/c1-5-12-20(3)17-18-25-28-23-15-11-16-24(26)27-19-22(6-2)14-10-8-7-9-13-21(23)4/h5,7-8,12,17-18,21-23,25H,1,6,9-11,13-16,19H2,2-4H3/b8-7?,18-17+,20-12+. The van der Waals surface area contributed by atoms with Crippen LogP contribution in [0.3, 0.4) is 0 Å². The average molecular weight is 390 g/mol. The lowest BCUT2D eigenvalue weighted by atomic mass is 9.94. The van der Waals surface area contributed by atoms with Crippen molar-refractivity contribution in [3.05, 3.63) is 48.7 Å². The molecule has 0 bridgehead atoms. The smallest absolute Gasteiger partial charge is 0.305 e. The third kappa shape index (κ3) is 11.1. The van der Waals surface area contributed by atoms with Crippen LogP contribution in [-0.4, -0.2) is 18.7 Å². The van der Waals surface area contributed by atoms with E-state index in [1.807, 2.05) is 19.1 Å². The molecule has 158 valence electrons. The highest BCUT2D eigenvalue weighted by atomic mass is 16.7. The number of hydrogen-bond acceptors (Lipinski definition) is 4. The van der Waals surface area contributed by atoms with Gasteiger partial charge in [-0.1, -0.05) is 51.2 Å². The maximum Gasteiger partial charge on any atom is 0.305 e. The monoisotopic (exact) mass is 389 g/mol. The Kier molecular flexibility index (Phi) is 13.1. The highest BCUT2D eigenvalue weighted by Gasteiger charge is 2.19. The molecule has 1 aliphatic rings. The molecule has 0 aromatic heterocycles. The van der Waals surface area contributed by atoms with Gasteiger partial charge in [0.1, 0.15) is 0 Å². The van der Waals surface area contributed by atoms with Gasteiger partial charge in [-0.25, -0.2) is 0 Å². The molecule has 4 nitrogen and oxygen atoms in total.